The number of aliphatic hydroxyl groups is 2. The molecule has 0 spiro atoms. The third kappa shape index (κ3) is 55.7. The van der Waals surface area contributed by atoms with E-state index in [0.717, 1.165) is 51.4 Å². The van der Waals surface area contributed by atoms with Crippen molar-refractivity contribution >= 4 is 11.9 Å². The molecule has 0 rings (SSSR count). The van der Waals surface area contributed by atoms with Gasteiger partial charge in [-0.1, -0.05) is 301 Å². The van der Waals surface area contributed by atoms with Crippen LogP contribution in [0.4, 0.5) is 0 Å². The standard InChI is InChI=1S/C64H123NO5/c1-3-5-7-9-11-13-15-16-17-18-24-28-31-34-38-42-46-50-54-58-64(69)70-59-55-51-47-43-39-35-32-29-26-23-21-19-20-22-25-27-30-33-37-41-45-49-53-57-63(68)65-61(60-66)62(67)56-52-48-44-40-36-14-12-10-8-6-4-2/h19,21-22,25,61-62,66-67H,3-18,20,23-24,26-60H2,1-2H3,(H,65,68)/b21-19-,25-22-. The first-order valence-corrected chi connectivity index (χ1v) is 31.6. The van der Waals surface area contributed by atoms with E-state index in [1.54, 1.807) is 0 Å². The second kappa shape index (κ2) is 59.9. The summed E-state index contributed by atoms with van der Waals surface area (Å²) in [6, 6.07) is -0.547. The van der Waals surface area contributed by atoms with Crippen molar-refractivity contribution in [2.24, 2.45) is 0 Å². The lowest BCUT2D eigenvalue weighted by molar-refractivity contribution is -0.143. The number of ether oxygens (including phenoxy) is 1. The van der Waals surface area contributed by atoms with Crippen LogP contribution >= 0.6 is 0 Å². The minimum Gasteiger partial charge on any atom is -0.466 e. The van der Waals surface area contributed by atoms with Crippen molar-refractivity contribution in [1.82, 2.24) is 5.32 Å². The number of aliphatic hydroxyl groups excluding tert-OH is 2. The minimum absolute atomic E-state index is 0.0121. The van der Waals surface area contributed by atoms with Crippen LogP contribution in [-0.2, 0) is 14.3 Å². The number of rotatable bonds is 59. The Labute approximate surface area is 437 Å². The fourth-order valence-electron chi connectivity index (χ4n) is 9.91. The van der Waals surface area contributed by atoms with Gasteiger partial charge < -0.3 is 20.3 Å². The van der Waals surface area contributed by atoms with E-state index in [9.17, 15) is 19.8 Å². The lowest BCUT2D eigenvalue weighted by Crippen LogP contribution is -2.45. The van der Waals surface area contributed by atoms with Gasteiger partial charge in [0.25, 0.3) is 0 Å². The Morgan fingerprint density at radius 2 is 0.714 bits per heavy atom. The number of esters is 1. The number of hydrogen-bond acceptors (Lipinski definition) is 5. The molecule has 0 saturated carbocycles. The summed E-state index contributed by atoms with van der Waals surface area (Å²) >= 11 is 0. The molecular formula is C64H123NO5. The number of carbonyl (C=O) groups excluding carboxylic acids is 2. The van der Waals surface area contributed by atoms with Gasteiger partial charge in [0.15, 0.2) is 0 Å². The fraction of sp³-hybridized carbons (Fsp3) is 0.906. The normalized spacial score (nSPS) is 12.7. The molecule has 0 radical (unpaired) electrons. The molecule has 70 heavy (non-hydrogen) atoms. The van der Waals surface area contributed by atoms with Crippen molar-refractivity contribution < 1.29 is 24.5 Å². The lowest BCUT2D eigenvalue weighted by Gasteiger charge is -2.22. The van der Waals surface area contributed by atoms with Gasteiger partial charge in [-0.2, -0.15) is 0 Å². The van der Waals surface area contributed by atoms with Gasteiger partial charge in [0, 0.05) is 12.8 Å². The van der Waals surface area contributed by atoms with Gasteiger partial charge in [0.2, 0.25) is 5.91 Å². The molecule has 2 atom stereocenters. The molecule has 0 bridgehead atoms. The minimum atomic E-state index is -0.669. The summed E-state index contributed by atoms with van der Waals surface area (Å²) < 4.78 is 5.50. The van der Waals surface area contributed by atoms with Gasteiger partial charge in [0.05, 0.1) is 25.4 Å². The molecule has 3 N–H and O–H groups in total. The second-order valence-corrected chi connectivity index (χ2v) is 21.7. The highest BCUT2D eigenvalue weighted by Crippen LogP contribution is 2.18. The molecule has 0 fully saturated rings. The lowest BCUT2D eigenvalue weighted by atomic mass is 10.0. The second-order valence-electron chi connectivity index (χ2n) is 21.7. The predicted molar refractivity (Wildman–Crippen MR) is 306 cm³/mol. The Kier molecular flexibility index (Phi) is 58.5. The summed E-state index contributed by atoms with van der Waals surface area (Å²) in [6.07, 6.45) is 73.4. The maximum Gasteiger partial charge on any atom is 0.305 e. The summed E-state index contributed by atoms with van der Waals surface area (Å²) in [6.45, 7) is 4.96. The number of amides is 1. The van der Waals surface area contributed by atoms with Crippen molar-refractivity contribution in [2.75, 3.05) is 13.2 Å². The smallest absolute Gasteiger partial charge is 0.305 e. The third-order valence-electron chi connectivity index (χ3n) is 14.8. The monoisotopic (exact) mass is 986 g/mol. The zero-order valence-electron chi connectivity index (χ0n) is 47.3. The Morgan fingerprint density at radius 3 is 1.09 bits per heavy atom. The number of hydrogen-bond donors (Lipinski definition) is 3. The first-order chi connectivity index (χ1) is 34.5. The number of unbranched alkanes of at least 4 members (excludes halogenated alkanes) is 44. The number of carbonyl (C=O) groups is 2. The number of allylic oxidation sites excluding steroid dienone is 4. The molecule has 6 heteroatoms. The van der Waals surface area contributed by atoms with Crippen molar-refractivity contribution in [3.8, 4) is 0 Å². The summed E-state index contributed by atoms with van der Waals surface area (Å²) in [5.74, 6) is -0.0334. The maximum absolute atomic E-state index is 12.4. The van der Waals surface area contributed by atoms with Gasteiger partial charge in [-0.15, -0.1) is 0 Å². The highest BCUT2D eigenvalue weighted by Gasteiger charge is 2.20. The maximum atomic E-state index is 12.4. The molecule has 0 aromatic heterocycles. The van der Waals surface area contributed by atoms with Crippen LogP contribution in [0.1, 0.15) is 348 Å². The highest BCUT2D eigenvalue weighted by atomic mass is 16.5. The Hall–Kier alpha value is -1.66. The molecule has 6 nitrogen and oxygen atoms in total. The molecule has 0 aliphatic carbocycles. The van der Waals surface area contributed by atoms with E-state index in [1.807, 2.05) is 0 Å². The van der Waals surface area contributed by atoms with Crippen molar-refractivity contribution in [3.05, 3.63) is 24.3 Å². The molecule has 0 heterocycles. The topological polar surface area (TPSA) is 95.9 Å². The van der Waals surface area contributed by atoms with Gasteiger partial charge in [-0.25, -0.2) is 0 Å². The zero-order chi connectivity index (χ0) is 50.7. The zero-order valence-corrected chi connectivity index (χ0v) is 47.3. The van der Waals surface area contributed by atoms with E-state index in [-0.39, 0.29) is 18.5 Å². The van der Waals surface area contributed by atoms with Gasteiger partial charge in [-0.3, -0.25) is 9.59 Å². The van der Waals surface area contributed by atoms with Crippen molar-refractivity contribution in [2.45, 2.75) is 360 Å². The predicted octanol–water partition coefficient (Wildman–Crippen LogP) is 19.8. The van der Waals surface area contributed by atoms with E-state index in [0.29, 0.717) is 25.9 Å². The van der Waals surface area contributed by atoms with Crippen LogP contribution in [-0.4, -0.2) is 47.4 Å². The van der Waals surface area contributed by atoms with Crippen LogP contribution in [0, 0.1) is 0 Å². The Bertz CT molecular complexity index is 1090. The fourth-order valence-corrected chi connectivity index (χ4v) is 9.91. The van der Waals surface area contributed by atoms with Crippen molar-refractivity contribution in [3.63, 3.8) is 0 Å². The van der Waals surface area contributed by atoms with Crippen LogP contribution in [0.5, 0.6) is 0 Å². The Balaban J connectivity index is 3.40. The van der Waals surface area contributed by atoms with E-state index in [2.05, 4.69) is 43.5 Å². The quantitative estimate of drug-likeness (QED) is 0.0321. The highest BCUT2D eigenvalue weighted by molar-refractivity contribution is 5.76. The molecule has 0 saturated heterocycles. The summed E-state index contributed by atoms with van der Waals surface area (Å²) in [7, 11) is 0. The van der Waals surface area contributed by atoms with Crippen LogP contribution < -0.4 is 5.32 Å². The van der Waals surface area contributed by atoms with E-state index < -0.39 is 12.1 Å². The third-order valence-corrected chi connectivity index (χ3v) is 14.8. The van der Waals surface area contributed by atoms with Crippen LogP contribution in [0.2, 0.25) is 0 Å². The summed E-state index contributed by atoms with van der Waals surface area (Å²) in [5, 5.41) is 23.2. The molecule has 0 aromatic rings. The van der Waals surface area contributed by atoms with Crippen LogP contribution in [0.25, 0.3) is 0 Å². The largest absolute Gasteiger partial charge is 0.466 e. The average Bonchev–Trinajstić information content (AvgIpc) is 3.36. The molecule has 414 valence electrons. The first-order valence-electron chi connectivity index (χ1n) is 31.6. The van der Waals surface area contributed by atoms with Gasteiger partial charge >= 0.3 is 5.97 Å². The Morgan fingerprint density at radius 1 is 0.400 bits per heavy atom. The van der Waals surface area contributed by atoms with Crippen LogP contribution in [0.3, 0.4) is 0 Å². The molecule has 0 aliphatic rings. The van der Waals surface area contributed by atoms with Crippen LogP contribution in [0.15, 0.2) is 24.3 Å². The number of nitrogens with one attached hydrogen (secondary N) is 1. The van der Waals surface area contributed by atoms with Gasteiger partial charge in [0.1, 0.15) is 0 Å². The average molecular weight is 987 g/mol. The van der Waals surface area contributed by atoms with E-state index >= 15 is 0 Å². The molecule has 2 unspecified atom stereocenters. The summed E-state index contributed by atoms with van der Waals surface area (Å²) in [4.78, 5) is 24.5. The molecule has 0 aliphatic heterocycles. The SMILES string of the molecule is CCCCCCCCCCCCCCCCCCCCCC(=O)OCCCCCCCCCCC/C=C\C/C=C\CCCCCCCCCC(=O)NC(CO)C(O)CCCCCCCCCCCCC. The summed E-state index contributed by atoms with van der Waals surface area (Å²) in [5.41, 5.74) is 0. The molecular weight excluding hydrogens is 863 g/mol. The van der Waals surface area contributed by atoms with Crippen molar-refractivity contribution in [1.29, 1.82) is 0 Å². The van der Waals surface area contributed by atoms with Gasteiger partial charge in [-0.05, 0) is 57.8 Å². The van der Waals surface area contributed by atoms with E-state index in [4.69, 9.17) is 4.74 Å². The molecule has 0 aromatic carbocycles. The van der Waals surface area contributed by atoms with E-state index in [1.165, 1.54) is 263 Å². The first kappa shape index (κ1) is 68.3. The molecule has 1 amide bonds.